The summed E-state index contributed by atoms with van der Waals surface area (Å²) in [5.41, 5.74) is 1.44. The molecule has 20 heavy (non-hydrogen) atoms. The molecule has 1 N–H and O–H groups in total. The van der Waals surface area contributed by atoms with Gasteiger partial charge in [-0.3, -0.25) is 0 Å². The normalized spacial score (nSPS) is 12.0. The van der Waals surface area contributed by atoms with Gasteiger partial charge in [0, 0.05) is 6.42 Å². The number of aliphatic hydroxyl groups is 1. The van der Waals surface area contributed by atoms with Crippen LogP contribution in [0.1, 0.15) is 17.2 Å². The van der Waals surface area contributed by atoms with E-state index in [1.165, 1.54) is 12.1 Å². The fourth-order valence-electron chi connectivity index (χ4n) is 2.07. The van der Waals surface area contributed by atoms with Gasteiger partial charge in [0.2, 0.25) is 0 Å². The first-order valence-electron chi connectivity index (χ1n) is 6.28. The van der Waals surface area contributed by atoms with Gasteiger partial charge in [0.25, 0.3) is 0 Å². The van der Waals surface area contributed by atoms with Crippen LogP contribution in [0, 0.1) is 5.82 Å². The maximum atomic E-state index is 13.1. The average molecular weight is 276 g/mol. The summed E-state index contributed by atoms with van der Waals surface area (Å²) in [6.07, 6.45) is -0.385. The zero-order valence-electron chi connectivity index (χ0n) is 11.5. The number of benzene rings is 2. The number of methoxy groups -OCH3 is 2. The van der Waals surface area contributed by atoms with E-state index in [0.717, 1.165) is 5.56 Å². The highest BCUT2D eigenvalue weighted by atomic mass is 19.1. The van der Waals surface area contributed by atoms with Crippen LogP contribution in [0.25, 0.3) is 0 Å². The Labute approximate surface area is 117 Å². The number of halogens is 1. The molecule has 1 atom stereocenters. The van der Waals surface area contributed by atoms with Crippen molar-refractivity contribution in [2.75, 3.05) is 14.2 Å². The lowest BCUT2D eigenvalue weighted by Gasteiger charge is -2.14. The highest BCUT2D eigenvalue weighted by Crippen LogP contribution is 2.31. The Morgan fingerprint density at radius 3 is 2.45 bits per heavy atom. The Kier molecular flexibility index (Phi) is 4.58. The van der Waals surface area contributed by atoms with Crippen molar-refractivity contribution in [3.63, 3.8) is 0 Å². The van der Waals surface area contributed by atoms with Crippen LogP contribution in [-0.4, -0.2) is 19.3 Å². The molecule has 2 aromatic rings. The lowest BCUT2D eigenvalue weighted by Crippen LogP contribution is -2.03. The number of ether oxygens (including phenoxy) is 2. The van der Waals surface area contributed by atoms with E-state index in [9.17, 15) is 9.50 Å². The maximum Gasteiger partial charge on any atom is 0.161 e. The molecule has 1 unspecified atom stereocenters. The molecule has 0 saturated heterocycles. The van der Waals surface area contributed by atoms with Crippen molar-refractivity contribution < 1.29 is 19.0 Å². The summed E-state index contributed by atoms with van der Waals surface area (Å²) in [6, 6.07) is 11.5. The molecule has 0 spiro atoms. The van der Waals surface area contributed by atoms with Crippen molar-refractivity contribution in [1.29, 1.82) is 0 Å². The first-order chi connectivity index (χ1) is 9.63. The minimum Gasteiger partial charge on any atom is -0.493 e. The van der Waals surface area contributed by atoms with Crippen LogP contribution in [0.2, 0.25) is 0 Å². The summed E-state index contributed by atoms with van der Waals surface area (Å²) < 4.78 is 23.5. The van der Waals surface area contributed by atoms with Crippen molar-refractivity contribution in [2.45, 2.75) is 12.5 Å². The molecular weight excluding hydrogens is 259 g/mol. The van der Waals surface area contributed by atoms with Crippen LogP contribution < -0.4 is 9.47 Å². The molecule has 0 aliphatic rings. The first kappa shape index (κ1) is 14.3. The van der Waals surface area contributed by atoms with Crippen LogP contribution in [0.15, 0.2) is 42.5 Å². The third-order valence-electron chi connectivity index (χ3n) is 3.11. The highest BCUT2D eigenvalue weighted by molar-refractivity contribution is 5.43. The molecule has 0 saturated carbocycles. The first-order valence-corrected chi connectivity index (χ1v) is 6.28. The molecule has 0 radical (unpaired) electrons. The number of hydrogen-bond donors (Lipinski definition) is 1. The molecule has 0 aliphatic heterocycles. The molecule has 4 heteroatoms. The van der Waals surface area contributed by atoms with E-state index in [1.54, 1.807) is 44.6 Å². The molecule has 0 aliphatic carbocycles. The number of rotatable bonds is 5. The quantitative estimate of drug-likeness (QED) is 0.912. The zero-order valence-corrected chi connectivity index (χ0v) is 11.5. The largest absolute Gasteiger partial charge is 0.493 e. The van der Waals surface area contributed by atoms with E-state index in [2.05, 4.69) is 0 Å². The van der Waals surface area contributed by atoms with Crippen molar-refractivity contribution in [1.82, 2.24) is 0 Å². The molecule has 2 aromatic carbocycles. The second-order valence-corrected chi connectivity index (χ2v) is 4.46. The van der Waals surface area contributed by atoms with Crippen LogP contribution in [0.3, 0.4) is 0 Å². The average Bonchev–Trinajstić information content (AvgIpc) is 2.46. The lowest BCUT2D eigenvalue weighted by atomic mass is 10.0. The Bertz CT molecular complexity index is 584. The van der Waals surface area contributed by atoms with E-state index in [1.807, 2.05) is 0 Å². The molecule has 0 aromatic heterocycles. The lowest BCUT2D eigenvalue weighted by molar-refractivity contribution is 0.177. The molecule has 0 heterocycles. The third kappa shape index (κ3) is 3.27. The minimum atomic E-state index is -0.725. The van der Waals surface area contributed by atoms with E-state index < -0.39 is 6.10 Å². The molecule has 0 fully saturated rings. The van der Waals surface area contributed by atoms with Gasteiger partial charge in [-0.2, -0.15) is 0 Å². The second-order valence-electron chi connectivity index (χ2n) is 4.46. The molecule has 106 valence electrons. The Hall–Kier alpha value is -2.07. The number of aliphatic hydroxyl groups excluding tert-OH is 1. The summed E-state index contributed by atoms with van der Waals surface area (Å²) in [5, 5.41) is 10.2. The predicted molar refractivity (Wildman–Crippen MR) is 74.6 cm³/mol. The van der Waals surface area contributed by atoms with Crippen molar-refractivity contribution in [2.24, 2.45) is 0 Å². The van der Waals surface area contributed by atoms with E-state index in [-0.39, 0.29) is 5.82 Å². The van der Waals surface area contributed by atoms with Gasteiger partial charge in [-0.05, 0) is 35.4 Å². The SMILES string of the molecule is COc1ccc(C(O)Cc2cccc(F)c2)cc1OC. The maximum absolute atomic E-state index is 13.1. The van der Waals surface area contributed by atoms with Crippen molar-refractivity contribution in [3.8, 4) is 11.5 Å². The Balaban J connectivity index is 2.18. The zero-order chi connectivity index (χ0) is 14.5. The van der Waals surface area contributed by atoms with Crippen molar-refractivity contribution >= 4 is 0 Å². The molecule has 0 amide bonds. The molecule has 3 nitrogen and oxygen atoms in total. The fourth-order valence-corrected chi connectivity index (χ4v) is 2.07. The molecular formula is C16H17FO3. The third-order valence-corrected chi connectivity index (χ3v) is 3.11. The Morgan fingerprint density at radius 1 is 1.05 bits per heavy atom. The van der Waals surface area contributed by atoms with Crippen LogP contribution in [-0.2, 0) is 6.42 Å². The predicted octanol–water partition coefficient (Wildman–Crippen LogP) is 3.12. The summed E-state index contributed by atoms with van der Waals surface area (Å²) in [4.78, 5) is 0. The highest BCUT2D eigenvalue weighted by Gasteiger charge is 2.12. The van der Waals surface area contributed by atoms with Gasteiger partial charge in [-0.15, -0.1) is 0 Å². The van der Waals surface area contributed by atoms with Crippen LogP contribution in [0.5, 0.6) is 11.5 Å². The van der Waals surface area contributed by atoms with Gasteiger partial charge >= 0.3 is 0 Å². The van der Waals surface area contributed by atoms with Gasteiger partial charge < -0.3 is 14.6 Å². The fraction of sp³-hybridized carbons (Fsp3) is 0.250. The van der Waals surface area contributed by atoms with E-state index in [0.29, 0.717) is 23.5 Å². The van der Waals surface area contributed by atoms with Crippen LogP contribution >= 0.6 is 0 Å². The summed E-state index contributed by atoms with van der Waals surface area (Å²) in [5.74, 6) is 0.861. The topological polar surface area (TPSA) is 38.7 Å². The Morgan fingerprint density at radius 2 is 1.80 bits per heavy atom. The smallest absolute Gasteiger partial charge is 0.161 e. The van der Waals surface area contributed by atoms with Gasteiger partial charge in [0.1, 0.15) is 5.82 Å². The van der Waals surface area contributed by atoms with Crippen molar-refractivity contribution in [3.05, 3.63) is 59.4 Å². The summed E-state index contributed by atoms with van der Waals surface area (Å²) in [6.45, 7) is 0. The van der Waals surface area contributed by atoms with Gasteiger partial charge in [-0.1, -0.05) is 18.2 Å². The van der Waals surface area contributed by atoms with Gasteiger partial charge in [-0.25, -0.2) is 4.39 Å². The van der Waals surface area contributed by atoms with E-state index >= 15 is 0 Å². The standard InChI is InChI=1S/C16H17FO3/c1-19-15-7-6-12(10-16(15)20-2)14(18)9-11-4-3-5-13(17)8-11/h3-8,10,14,18H,9H2,1-2H3. The second kappa shape index (κ2) is 6.39. The van der Waals surface area contributed by atoms with Gasteiger partial charge in [0.15, 0.2) is 11.5 Å². The summed E-state index contributed by atoms with van der Waals surface area (Å²) in [7, 11) is 3.10. The molecule has 2 rings (SSSR count). The van der Waals surface area contributed by atoms with E-state index in [4.69, 9.17) is 9.47 Å². The van der Waals surface area contributed by atoms with Crippen LogP contribution in [0.4, 0.5) is 4.39 Å². The molecule has 0 bridgehead atoms. The van der Waals surface area contributed by atoms with Gasteiger partial charge in [0.05, 0.1) is 20.3 Å². The number of hydrogen-bond acceptors (Lipinski definition) is 3. The minimum absolute atomic E-state index is 0.304. The monoisotopic (exact) mass is 276 g/mol. The summed E-state index contributed by atoms with van der Waals surface area (Å²) >= 11 is 0.